The van der Waals surface area contributed by atoms with Gasteiger partial charge in [-0.05, 0) is 23.6 Å². The van der Waals surface area contributed by atoms with Crippen molar-refractivity contribution in [2.75, 3.05) is 0 Å². The lowest BCUT2D eigenvalue weighted by Crippen LogP contribution is -2.00. The molecule has 0 saturated carbocycles. The standard InChI is InChI=1S/C28H13N5/c29-14-20-21(15-30)32-28-26-24(13-12-16-6-5-9-19(25(16)26)27(28)31-20)33-22-10-3-1-7-17(22)18-8-2-4-11-23(18)33/h1-13H. The van der Waals surface area contributed by atoms with Gasteiger partial charge < -0.3 is 4.57 Å². The van der Waals surface area contributed by atoms with Gasteiger partial charge in [-0.2, -0.15) is 10.5 Å². The Morgan fingerprint density at radius 2 is 1.27 bits per heavy atom. The molecular weight excluding hydrogens is 406 g/mol. The van der Waals surface area contributed by atoms with Gasteiger partial charge in [-0.1, -0.05) is 60.7 Å². The van der Waals surface area contributed by atoms with Gasteiger partial charge in [0, 0.05) is 27.3 Å². The molecule has 0 bridgehead atoms. The SMILES string of the molecule is N#Cc1nc2c(nc1C#N)-c1c(-n3c4ccccc4c4ccccc43)ccc3cccc-2c13. The van der Waals surface area contributed by atoms with Crippen LogP contribution in [0.15, 0.2) is 78.9 Å². The summed E-state index contributed by atoms with van der Waals surface area (Å²) in [5.74, 6) is 0. The number of nitrogens with zero attached hydrogens (tertiary/aromatic N) is 5. The lowest BCUT2D eigenvalue weighted by Gasteiger charge is -2.14. The van der Waals surface area contributed by atoms with Crippen LogP contribution in [0.4, 0.5) is 0 Å². The molecule has 150 valence electrons. The van der Waals surface area contributed by atoms with Crippen LogP contribution in [0.3, 0.4) is 0 Å². The molecule has 0 fully saturated rings. The second-order valence-electron chi connectivity index (χ2n) is 8.07. The van der Waals surface area contributed by atoms with Crippen LogP contribution in [0.1, 0.15) is 11.4 Å². The van der Waals surface area contributed by atoms with Gasteiger partial charge in [-0.15, -0.1) is 0 Å². The number of fused-ring (bicyclic) bond motifs is 6. The van der Waals surface area contributed by atoms with Crippen LogP contribution >= 0.6 is 0 Å². The van der Waals surface area contributed by atoms with Crippen LogP contribution in [-0.4, -0.2) is 14.5 Å². The first-order chi connectivity index (χ1) is 16.3. The summed E-state index contributed by atoms with van der Waals surface area (Å²) in [6, 6.07) is 31.1. The van der Waals surface area contributed by atoms with Crippen molar-refractivity contribution in [3.8, 4) is 40.3 Å². The maximum Gasteiger partial charge on any atom is 0.177 e. The summed E-state index contributed by atoms with van der Waals surface area (Å²) in [5, 5.41) is 23.6. The topological polar surface area (TPSA) is 78.3 Å². The van der Waals surface area contributed by atoms with E-state index in [9.17, 15) is 10.5 Å². The Morgan fingerprint density at radius 1 is 0.636 bits per heavy atom. The highest BCUT2D eigenvalue weighted by atomic mass is 15.0. The molecule has 5 nitrogen and oxygen atoms in total. The van der Waals surface area contributed by atoms with Crippen molar-refractivity contribution in [1.29, 1.82) is 10.5 Å². The first-order valence-corrected chi connectivity index (χ1v) is 10.6. The molecule has 5 heteroatoms. The Labute approximate surface area is 188 Å². The number of benzene rings is 4. The third-order valence-electron chi connectivity index (χ3n) is 6.44. The van der Waals surface area contributed by atoms with E-state index in [0.29, 0.717) is 11.4 Å². The zero-order chi connectivity index (χ0) is 22.1. The highest BCUT2D eigenvalue weighted by Crippen LogP contribution is 2.49. The molecule has 0 saturated heterocycles. The van der Waals surface area contributed by atoms with E-state index in [2.05, 4.69) is 69.1 Å². The third kappa shape index (κ3) is 2.18. The van der Waals surface area contributed by atoms with Crippen LogP contribution in [-0.2, 0) is 0 Å². The normalized spacial score (nSPS) is 11.6. The Bertz CT molecular complexity index is 1840. The second kappa shape index (κ2) is 6.26. The first-order valence-electron chi connectivity index (χ1n) is 10.6. The smallest absolute Gasteiger partial charge is 0.177 e. The fraction of sp³-hybridized carbons (Fsp3) is 0. The fourth-order valence-corrected chi connectivity index (χ4v) is 5.13. The highest BCUT2D eigenvalue weighted by Gasteiger charge is 2.30. The average molecular weight is 419 g/mol. The largest absolute Gasteiger partial charge is 0.309 e. The van der Waals surface area contributed by atoms with Crippen LogP contribution < -0.4 is 0 Å². The molecular formula is C28H13N5. The van der Waals surface area contributed by atoms with Crippen molar-refractivity contribution in [3.05, 3.63) is 90.3 Å². The summed E-state index contributed by atoms with van der Waals surface area (Å²) < 4.78 is 2.26. The molecule has 1 aliphatic rings. The van der Waals surface area contributed by atoms with E-state index >= 15 is 0 Å². The summed E-state index contributed by atoms with van der Waals surface area (Å²) >= 11 is 0. The molecule has 4 aromatic carbocycles. The lowest BCUT2D eigenvalue weighted by molar-refractivity contribution is 1.14. The van der Waals surface area contributed by atoms with Gasteiger partial charge in [0.2, 0.25) is 0 Å². The number of hydrogen-bond acceptors (Lipinski definition) is 4. The molecule has 0 unspecified atom stereocenters. The molecule has 2 heterocycles. The molecule has 0 aliphatic heterocycles. The Morgan fingerprint density at radius 3 is 1.94 bits per heavy atom. The zero-order valence-corrected chi connectivity index (χ0v) is 17.2. The Balaban J connectivity index is 1.69. The summed E-state index contributed by atoms with van der Waals surface area (Å²) in [5.41, 5.74) is 6.47. The summed E-state index contributed by atoms with van der Waals surface area (Å²) in [6.45, 7) is 0. The fourth-order valence-electron chi connectivity index (χ4n) is 5.13. The van der Waals surface area contributed by atoms with Gasteiger partial charge in [-0.25, -0.2) is 9.97 Å². The molecule has 2 aromatic heterocycles. The molecule has 0 amide bonds. The van der Waals surface area contributed by atoms with Crippen molar-refractivity contribution in [3.63, 3.8) is 0 Å². The van der Waals surface area contributed by atoms with E-state index in [1.54, 1.807) is 0 Å². The van der Waals surface area contributed by atoms with Crippen LogP contribution in [0.2, 0.25) is 0 Å². The van der Waals surface area contributed by atoms with Crippen LogP contribution in [0.5, 0.6) is 0 Å². The van der Waals surface area contributed by atoms with Crippen molar-refractivity contribution in [2.24, 2.45) is 0 Å². The average Bonchev–Trinajstić information content (AvgIpc) is 3.38. The van der Waals surface area contributed by atoms with E-state index in [1.165, 1.54) is 10.8 Å². The monoisotopic (exact) mass is 419 g/mol. The molecule has 1 aliphatic carbocycles. The Kier molecular flexibility index (Phi) is 3.35. The highest BCUT2D eigenvalue weighted by molar-refractivity contribution is 6.17. The van der Waals surface area contributed by atoms with E-state index < -0.39 is 0 Å². The number of nitriles is 2. The predicted molar refractivity (Wildman–Crippen MR) is 128 cm³/mol. The van der Waals surface area contributed by atoms with Crippen molar-refractivity contribution < 1.29 is 0 Å². The molecule has 0 radical (unpaired) electrons. The molecule has 0 N–H and O–H groups in total. The number of hydrogen-bond donors (Lipinski definition) is 0. The van der Waals surface area contributed by atoms with Crippen LogP contribution in [0, 0.1) is 22.7 Å². The van der Waals surface area contributed by atoms with Gasteiger partial charge in [-0.3, -0.25) is 0 Å². The van der Waals surface area contributed by atoms with Gasteiger partial charge >= 0.3 is 0 Å². The minimum Gasteiger partial charge on any atom is -0.309 e. The van der Waals surface area contributed by atoms with Gasteiger partial charge in [0.1, 0.15) is 17.8 Å². The molecule has 7 rings (SSSR count). The first kappa shape index (κ1) is 17.7. The van der Waals surface area contributed by atoms with E-state index in [0.717, 1.165) is 38.6 Å². The van der Waals surface area contributed by atoms with Crippen molar-refractivity contribution in [2.45, 2.75) is 0 Å². The van der Waals surface area contributed by atoms with Crippen LogP contribution in [0.25, 0.3) is 60.8 Å². The number of aromatic nitrogens is 3. The maximum atomic E-state index is 9.62. The summed E-state index contributed by atoms with van der Waals surface area (Å²) in [6.07, 6.45) is 0. The third-order valence-corrected chi connectivity index (χ3v) is 6.44. The molecule has 33 heavy (non-hydrogen) atoms. The van der Waals surface area contributed by atoms with Gasteiger partial charge in [0.05, 0.1) is 22.4 Å². The molecule has 0 atom stereocenters. The minimum atomic E-state index is 0.0502. The second-order valence-corrected chi connectivity index (χ2v) is 8.07. The van der Waals surface area contributed by atoms with E-state index in [4.69, 9.17) is 0 Å². The summed E-state index contributed by atoms with van der Waals surface area (Å²) in [4.78, 5) is 9.23. The van der Waals surface area contributed by atoms with Gasteiger partial charge in [0.25, 0.3) is 0 Å². The van der Waals surface area contributed by atoms with E-state index in [-0.39, 0.29) is 11.4 Å². The quantitative estimate of drug-likeness (QED) is 0.321. The maximum absolute atomic E-state index is 9.62. The lowest BCUT2D eigenvalue weighted by atomic mass is 10.0. The summed E-state index contributed by atoms with van der Waals surface area (Å²) in [7, 11) is 0. The van der Waals surface area contributed by atoms with Crippen molar-refractivity contribution >= 4 is 32.6 Å². The van der Waals surface area contributed by atoms with E-state index in [1.807, 2.05) is 36.4 Å². The van der Waals surface area contributed by atoms with Gasteiger partial charge in [0.15, 0.2) is 11.4 Å². The molecule has 0 spiro atoms. The van der Waals surface area contributed by atoms with Crippen molar-refractivity contribution in [1.82, 2.24) is 14.5 Å². The zero-order valence-electron chi connectivity index (χ0n) is 17.2. The predicted octanol–water partition coefficient (Wildman–Crippen LogP) is 6.12. The Hall–Kier alpha value is -5.00. The number of rotatable bonds is 1. The number of para-hydroxylation sites is 2. The molecule has 6 aromatic rings. The minimum absolute atomic E-state index is 0.0502.